The van der Waals surface area contributed by atoms with E-state index in [1.165, 1.54) is 0 Å². The highest BCUT2D eigenvalue weighted by Crippen LogP contribution is 2.35. The zero-order chi connectivity index (χ0) is 12.5. The first-order chi connectivity index (χ1) is 8.75. The van der Waals surface area contributed by atoms with Crippen molar-refractivity contribution in [3.05, 3.63) is 42.4 Å². The van der Waals surface area contributed by atoms with Gasteiger partial charge in [0.1, 0.15) is 10.8 Å². The van der Waals surface area contributed by atoms with Gasteiger partial charge in [0, 0.05) is 17.4 Å². The maximum Gasteiger partial charge on any atom is 0.142 e. The molecule has 3 aromatic rings. The second-order valence-electron chi connectivity index (χ2n) is 3.91. The van der Waals surface area contributed by atoms with Crippen LogP contribution in [0.3, 0.4) is 0 Å². The van der Waals surface area contributed by atoms with Crippen molar-refractivity contribution >= 4 is 17.0 Å². The van der Waals surface area contributed by atoms with Gasteiger partial charge in [-0.05, 0) is 19.1 Å². The van der Waals surface area contributed by atoms with Gasteiger partial charge in [-0.2, -0.15) is 0 Å². The van der Waals surface area contributed by atoms with Crippen LogP contribution in [0.5, 0.6) is 0 Å². The van der Waals surface area contributed by atoms with E-state index in [0.29, 0.717) is 0 Å². The summed E-state index contributed by atoms with van der Waals surface area (Å²) >= 11 is 1.58. The van der Waals surface area contributed by atoms with Crippen molar-refractivity contribution in [1.29, 1.82) is 0 Å². The molecule has 2 N–H and O–H groups in total. The van der Waals surface area contributed by atoms with E-state index in [1.807, 2.05) is 37.4 Å². The summed E-state index contributed by atoms with van der Waals surface area (Å²) in [6.07, 6.45) is 3.53. The molecule has 0 radical (unpaired) electrons. The lowest BCUT2D eigenvalue weighted by Crippen LogP contribution is -1.87. The lowest BCUT2D eigenvalue weighted by Gasteiger charge is -1.99. The zero-order valence-electron chi connectivity index (χ0n) is 9.75. The second-order valence-corrected chi connectivity index (χ2v) is 4.94. The van der Waals surface area contributed by atoms with E-state index in [9.17, 15) is 0 Å². The van der Waals surface area contributed by atoms with E-state index in [1.54, 1.807) is 17.5 Å². The number of para-hydroxylation sites is 1. The lowest BCUT2D eigenvalue weighted by atomic mass is 10.2. The smallest absolute Gasteiger partial charge is 0.142 e. The summed E-state index contributed by atoms with van der Waals surface area (Å²) < 4.78 is 5.06. The van der Waals surface area contributed by atoms with Crippen LogP contribution in [0.2, 0.25) is 0 Å². The normalized spacial score (nSPS) is 10.7. The van der Waals surface area contributed by atoms with Gasteiger partial charge >= 0.3 is 0 Å². The van der Waals surface area contributed by atoms with E-state index in [0.717, 1.165) is 32.5 Å². The van der Waals surface area contributed by atoms with Crippen LogP contribution in [0.4, 0.5) is 5.69 Å². The molecule has 90 valence electrons. The third-order valence-corrected chi connectivity index (χ3v) is 3.78. The van der Waals surface area contributed by atoms with E-state index in [2.05, 4.69) is 10.1 Å². The number of anilines is 1. The predicted octanol–water partition coefficient (Wildman–Crippen LogP) is 3.36. The molecular formula is C13H11N3OS. The molecule has 0 aliphatic heterocycles. The molecule has 0 atom stereocenters. The van der Waals surface area contributed by atoms with Crippen molar-refractivity contribution in [2.24, 2.45) is 0 Å². The fourth-order valence-corrected chi connectivity index (χ4v) is 2.77. The van der Waals surface area contributed by atoms with Crippen LogP contribution in [0.25, 0.3) is 21.0 Å². The van der Waals surface area contributed by atoms with Crippen LogP contribution in [0.1, 0.15) is 5.76 Å². The monoisotopic (exact) mass is 257 g/mol. The number of aryl methyl sites for hydroxylation is 1. The van der Waals surface area contributed by atoms with E-state index >= 15 is 0 Å². The standard InChI is InChI=1S/C13H11N3OS/c1-8-10(6-16-17-8)12-7-15-13(18-12)9-4-2-3-5-11(9)14/h2-7H,14H2,1H3. The van der Waals surface area contributed by atoms with Gasteiger partial charge in [-0.3, -0.25) is 0 Å². The van der Waals surface area contributed by atoms with E-state index in [-0.39, 0.29) is 0 Å². The molecule has 0 aliphatic carbocycles. The van der Waals surface area contributed by atoms with Crippen molar-refractivity contribution in [3.63, 3.8) is 0 Å². The highest BCUT2D eigenvalue weighted by Gasteiger charge is 2.12. The molecule has 0 amide bonds. The van der Waals surface area contributed by atoms with Crippen molar-refractivity contribution in [1.82, 2.24) is 10.1 Å². The molecule has 0 saturated carbocycles. The van der Waals surface area contributed by atoms with Gasteiger partial charge in [0.2, 0.25) is 0 Å². The summed E-state index contributed by atoms with van der Waals surface area (Å²) in [5, 5.41) is 4.68. The number of thiazole rings is 1. The summed E-state index contributed by atoms with van der Waals surface area (Å²) in [5.74, 6) is 0.797. The number of rotatable bonds is 2. The Hall–Kier alpha value is -2.14. The third kappa shape index (κ3) is 1.78. The molecule has 0 spiro atoms. The van der Waals surface area contributed by atoms with Crippen molar-refractivity contribution in [2.75, 3.05) is 5.73 Å². The van der Waals surface area contributed by atoms with Crippen LogP contribution < -0.4 is 5.73 Å². The summed E-state index contributed by atoms with van der Waals surface area (Å²) in [6, 6.07) is 7.72. The third-order valence-electron chi connectivity index (χ3n) is 2.71. The van der Waals surface area contributed by atoms with Crippen molar-refractivity contribution in [2.45, 2.75) is 6.92 Å². The minimum atomic E-state index is 0.737. The van der Waals surface area contributed by atoms with Crippen LogP contribution in [-0.2, 0) is 0 Å². The molecule has 0 bridgehead atoms. The Balaban J connectivity index is 2.05. The molecule has 1 aromatic carbocycles. The molecule has 0 saturated heterocycles. The first-order valence-electron chi connectivity index (χ1n) is 5.48. The molecule has 3 rings (SSSR count). The molecule has 4 nitrogen and oxygen atoms in total. The molecule has 2 heterocycles. The highest BCUT2D eigenvalue weighted by atomic mass is 32.1. The SMILES string of the molecule is Cc1oncc1-c1cnc(-c2ccccc2N)s1. The summed E-state index contributed by atoms with van der Waals surface area (Å²) in [5.41, 5.74) is 8.62. The Bertz CT molecular complexity index is 687. The summed E-state index contributed by atoms with van der Waals surface area (Å²) in [6.45, 7) is 1.89. The van der Waals surface area contributed by atoms with Crippen LogP contribution in [-0.4, -0.2) is 10.1 Å². The van der Waals surface area contributed by atoms with E-state index in [4.69, 9.17) is 10.3 Å². The topological polar surface area (TPSA) is 64.9 Å². The van der Waals surface area contributed by atoms with Crippen LogP contribution in [0.15, 0.2) is 41.2 Å². The van der Waals surface area contributed by atoms with Gasteiger partial charge in [-0.15, -0.1) is 11.3 Å². The van der Waals surface area contributed by atoms with E-state index < -0.39 is 0 Å². The maximum absolute atomic E-state index is 5.95. The van der Waals surface area contributed by atoms with Gasteiger partial charge in [-0.25, -0.2) is 4.98 Å². The lowest BCUT2D eigenvalue weighted by molar-refractivity contribution is 0.398. The first-order valence-corrected chi connectivity index (χ1v) is 6.29. The number of hydrogen-bond acceptors (Lipinski definition) is 5. The molecule has 5 heteroatoms. The maximum atomic E-state index is 5.95. The summed E-state index contributed by atoms with van der Waals surface area (Å²) in [4.78, 5) is 5.45. The van der Waals surface area contributed by atoms with Crippen molar-refractivity contribution < 1.29 is 4.52 Å². The Kier molecular flexibility index (Phi) is 2.60. The number of hydrogen-bond donors (Lipinski definition) is 1. The fourth-order valence-electron chi connectivity index (χ4n) is 1.75. The molecule has 2 aromatic heterocycles. The Morgan fingerprint density at radius 2 is 2.00 bits per heavy atom. The largest absolute Gasteiger partial charge is 0.398 e. The molecule has 0 aliphatic rings. The minimum absolute atomic E-state index is 0.737. The second kappa shape index (κ2) is 4.27. The average molecular weight is 257 g/mol. The number of nitrogens with zero attached hydrogens (tertiary/aromatic N) is 2. The molecular weight excluding hydrogens is 246 g/mol. The first kappa shape index (κ1) is 11.0. The van der Waals surface area contributed by atoms with Gasteiger partial charge < -0.3 is 10.3 Å². The van der Waals surface area contributed by atoms with Crippen LogP contribution in [0, 0.1) is 6.92 Å². The number of benzene rings is 1. The van der Waals surface area contributed by atoms with Gasteiger partial charge in [0.25, 0.3) is 0 Å². The Morgan fingerprint density at radius 1 is 1.17 bits per heavy atom. The number of aromatic nitrogens is 2. The molecule has 0 unspecified atom stereocenters. The van der Waals surface area contributed by atoms with Crippen LogP contribution >= 0.6 is 11.3 Å². The van der Waals surface area contributed by atoms with Gasteiger partial charge in [0.15, 0.2) is 0 Å². The van der Waals surface area contributed by atoms with Gasteiger partial charge in [0.05, 0.1) is 16.6 Å². The zero-order valence-corrected chi connectivity index (χ0v) is 10.6. The Morgan fingerprint density at radius 3 is 2.72 bits per heavy atom. The van der Waals surface area contributed by atoms with Gasteiger partial charge in [-0.1, -0.05) is 17.3 Å². The number of nitrogen functional groups attached to an aromatic ring is 1. The molecule has 18 heavy (non-hydrogen) atoms. The Labute approximate surface area is 108 Å². The minimum Gasteiger partial charge on any atom is -0.398 e. The molecule has 0 fully saturated rings. The fraction of sp³-hybridized carbons (Fsp3) is 0.0769. The average Bonchev–Trinajstić information content (AvgIpc) is 2.98. The van der Waals surface area contributed by atoms with Crippen molar-refractivity contribution in [3.8, 4) is 21.0 Å². The predicted molar refractivity (Wildman–Crippen MR) is 72.2 cm³/mol. The quantitative estimate of drug-likeness (QED) is 0.715. The highest BCUT2D eigenvalue weighted by molar-refractivity contribution is 7.18. The number of nitrogens with two attached hydrogens (primary N) is 1. The summed E-state index contributed by atoms with van der Waals surface area (Å²) in [7, 11) is 0.